The quantitative estimate of drug-likeness (QED) is 0.0701. The molecule has 9 nitrogen and oxygen atoms in total. The topological polar surface area (TPSA) is 139 Å². The van der Waals surface area contributed by atoms with Crippen molar-refractivity contribution >= 4 is 34.9 Å². The minimum atomic E-state index is -1.25. The summed E-state index contributed by atoms with van der Waals surface area (Å²) in [5.41, 5.74) is -5.84. The molecule has 0 aromatic heterocycles. The Morgan fingerprint density at radius 1 is 0.441 bits per heavy atom. The van der Waals surface area contributed by atoms with Crippen LogP contribution in [-0.4, -0.2) is 52.6 Å². The van der Waals surface area contributed by atoms with Gasteiger partial charge >= 0.3 is 0 Å². The first-order chi connectivity index (χ1) is 26.6. The maximum Gasteiger partial charge on any atom is 0.247 e. The van der Waals surface area contributed by atoms with Gasteiger partial charge in [-0.2, -0.15) is 0 Å². The Balaban J connectivity index is 7.93. The Hall–Kier alpha value is -2.68. The van der Waals surface area contributed by atoms with Crippen molar-refractivity contribution in [3.63, 3.8) is 0 Å². The molecule has 0 rings (SSSR count). The SMILES string of the molecule is CCC(C)(CC)NC(CC(C)(C)C(=O)C(C)(CC)CC)C(=O)NC(CC(C)(C)C(=O)C(C)(C)CC)C(=O)N/C(C(=O)C(C)(CC)CC)=C(\C)C(C)(C)C(=O)C(C)(C)CC. The van der Waals surface area contributed by atoms with Crippen LogP contribution in [0.1, 0.15) is 217 Å². The van der Waals surface area contributed by atoms with Crippen LogP contribution < -0.4 is 16.0 Å². The van der Waals surface area contributed by atoms with Gasteiger partial charge in [0.1, 0.15) is 23.4 Å². The zero-order chi connectivity index (χ0) is 47.0. The predicted octanol–water partition coefficient (Wildman–Crippen LogP) is 11.1. The summed E-state index contributed by atoms with van der Waals surface area (Å²) >= 11 is 0. The maximum absolute atomic E-state index is 15.0. The monoisotopic (exact) mass is 830 g/mol. The number of hydrogen-bond acceptors (Lipinski definition) is 7. The first-order valence-electron chi connectivity index (χ1n) is 22.9. The van der Waals surface area contributed by atoms with E-state index in [1.807, 2.05) is 111 Å². The molecule has 342 valence electrons. The van der Waals surface area contributed by atoms with Gasteiger partial charge in [-0.25, -0.2) is 0 Å². The van der Waals surface area contributed by atoms with Gasteiger partial charge in [0.05, 0.1) is 11.7 Å². The van der Waals surface area contributed by atoms with Crippen LogP contribution in [0.3, 0.4) is 0 Å². The van der Waals surface area contributed by atoms with Crippen LogP contribution >= 0.6 is 0 Å². The van der Waals surface area contributed by atoms with Crippen LogP contribution in [0.15, 0.2) is 11.3 Å². The lowest BCUT2D eigenvalue weighted by Gasteiger charge is -2.40. The van der Waals surface area contributed by atoms with E-state index >= 15 is 4.79 Å². The highest BCUT2D eigenvalue weighted by Crippen LogP contribution is 2.42. The van der Waals surface area contributed by atoms with Crippen molar-refractivity contribution < 1.29 is 28.8 Å². The molecular weight excluding hydrogens is 739 g/mol. The molecule has 0 radical (unpaired) electrons. The number of rotatable bonds is 27. The van der Waals surface area contributed by atoms with E-state index in [1.54, 1.807) is 34.6 Å². The third kappa shape index (κ3) is 13.4. The summed E-state index contributed by atoms with van der Waals surface area (Å²) in [6.45, 7) is 42.1. The van der Waals surface area contributed by atoms with Crippen LogP contribution in [0.4, 0.5) is 0 Å². The van der Waals surface area contributed by atoms with Crippen molar-refractivity contribution in [2.24, 2.45) is 37.9 Å². The highest BCUT2D eigenvalue weighted by atomic mass is 16.2. The molecule has 0 aliphatic carbocycles. The number of carbonyl (C=O) groups excluding carboxylic acids is 6. The highest BCUT2D eigenvalue weighted by Gasteiger charge is 2.47. The van der Waals surface area contributed by atoms with Crippen molar-refractivity contribution in [2.45, 2.75) is 234 Å². The molecule has 9 heteroatoms. The van der Waals surface area contributed by atoms with E-state index in [4.69, 9.17) is 0 Å². The first kappa shape index (κ1) is 56.3. The minimum Gasteiger partial charge on any atom is -0.343 e. The Morgan fingerprint density at radius 3 is 1.22 bits per heavy atom. The molecule has 0 bridgehead atoms. The molecule has 0 spiro atoms. The molecule has 0 saturated carbocycles. The summed E-state index contributed by atoms with van der Waals surface area (Å²) < 4.78 is 0. The van der Waals surface area contributed by atoms with Crippen LogP contribution in [0.5, 0.6) is 0 Å². The summed E-state index contributed by atoms with van der Waals surface area (Å²) in [7, 11) is 0. The van der Waals surface area contributed by atoms with Gasteiger partial charge in [0, 0.05) is 43.4 Å². The van der Waals surface area contributed by atoms with Crippen molar-refractivity contribution in [1.82, 2.24) is 16.0 Å². The fraction of sp³-hybridized carbons (Fsp3) is 0.840. The van der Waals surface area contributed by atoms with Gasteiger partial charge in [0.15, 0.2) is 5.78 Å². The fourth-order valence-corrected chi connectivity index (χ4v) is 8.13. The van der Waals surface area contributed by atoms with Crippen LogP contribution in [0, 0.1) is 37.9 Å². The smallest absolute Gasteiger partial charge is 0.247 e. The van der Waals surface area contributed by atoms with Gasteiger partial charge in [0.25, 0.3) is 0 Å². The highest BCUT2D eigenvalue weighted by molar-refractivity contribution is 6.06. The van der Waals surface area contributed by atoms with Crippen molar-refractivity contribution in [1.29, 1.82) is 0 Å². The third-order valence-electron chi connectivity index (χ3n) is 15.3. The second kappa shape index (κ2) is 20.9. The average molecular weight is 830 g/mol. The minimum absolute atomic E-state index is 0.0467. The van der Waals surface area contributed by atoms with Gasteiger partial charge < -0.3 is 16.0 Å². The lowest BCUT2D eigenvalue weighted by Crippen LogP contribution is -2.60. The lowest BCUT2D eigenvalue weighted by molar-refractivity contribution is -0.140. The van der Waals surface area contributed by atoms with E-state index in [0.717, 1.165) is 0 Å². The first-order valence-corrected chi connectivity index (χ1v) is 22.9. The molecule has 2 amide bonds. The molecule has 0 saturated heterocycles. The van der Waals surface area contributed by atoms with Crippen LogP contribution in [0.2, 0.25) is 0 Å². The molecule has 59 heavy (non-hydrogen) atoms. The molecule has 0 heterocycles. The zero-order valence-corrected chi connectivity index (χ0v) is 42.2. The normalized spacial score (nSPS) is 15.2. The van der Waals surface area contributed by atoms with E-state index < -0.39 is 67.3 Å². The lowest BCUT2D eigenvalue weighted by atomic mass is 9.67. The largest absolute Gasteiger partial charge is 0.343 e. The Labute approximate surface area is 362 Å². The van der Waals surface area contributed by atoms with Crippen LogP contribution in [-0.2, 0) is 28.8 Å². The Morgan fingerprint density at radius 2 is 0.831 bits per heavy atom. The Kier molecular flexibility index (Phi) is 20.0. The number of Topliss-reactive ketones (excluding diaryl/α,β-unsaturated/α-hetero) is 4. The number of allylic oxidation sites excluding steroid dienone is 2. The van der Waals surface area contributed by atoms with Crippen molar-refractivity contribution in [3.8, 4) is 0 Å². The molecule has 3 N–H and O–H groups in total. The molecule has 0 aromatic carbocycles. The average Bonchev–Trinajstić information content (AvgIpc) is 3.19. The summed E-state index contributed by atoms with van der Waals surface area (Å²) in [6.07, 6.45) is 5.07. The van der Waals surface area contributed by atoms with E-state index in [9.17, 15) is 24.0 Å². The summed E-state index contributed by atoms with van der Waals surface area (Å²) in [6, 6.07) is -2.12. The van der Waals surface area contributed by atoms with E-state index in [0.29, 0.717) is 56.9 Å². The van der Waals surface area contributed by atoms with Gasteiger partial charge in [-0.05, 0) is 97.5 Å². The van der Waals surface area contributed by atoms with Gasteiger partial charge in [-0.1, -0.05) is 125 Å². The Bertz CT molecular complexity index is 1530. The summed E-state index contributed by atoms with van der Waals surface area (Å²) in [4.78, 5) is 87.1. The van der Waals surface area contributed by atoms with Gasteiger partial charge in [0.2, 0.25) is 11.8 Å². The van der Waals surface area contributed by atoms with E-state index in [2.05, 4.69) is 22.9 Å². The van der Waals surface area contributed by atoms with Crippen molar-refractivity contribution in [3.05, 3.63) is 11.3 Å². The van der Waals surface area contributed by atoms with Gasteiger partial charge in [-0.3, -0.25) is 28.8 Å². The molecule has 0 aromatic rings. The molecule has 2 unspecified atom stereocenters. The number of ketones is 4. The van der Waals surface area contributed by atoms with Crippen LogP contribution in [0.25, 0.3) is 0 Å². The summed E-state index contributed by atoms with van der Waals surface area (Å²) in [5.74, 6) is -1.42. The number of carbonyl (C=O) groups is 6. The number of nitrogens with one attached hydrogen (secondary N) is 3. The van der Waals surface area contributed by atoms with Crippen molar-refractivity contribution in [2.75, 3.05) is 0 Å². The molecule has 0 aliphatic heterocycles. The number of hydrogen-bond donors (Lipinski definition) is 3. The predicted molar refractivity (Wildman–Crippen MR) is 245 cm³/mol. The second-order valence-electron chi connectivity index (χ2n) is 21.6. The standard InChI is InChI=1S/C50H91N3O6/c1-23-43(10,11)40(57)45(14,15)31-34(51-39(56)35(53-50(22,29-7)30-8)32-46(16,17)42(59)49(21,27-5)28-6)38(55)52-36(37(54)48(20,25-3)26-4)33(9)47(18,19)41(58)44(12,13)24-2/h34-35,53H,23-32H2,1-22H3,(H,51,56)(H,52,55)/b36-33+. The zero-order valence-electron chi connectivity index (χ0n) is 42.2. The van der Waals surface area contributed by atoms with E-state index in [-0.39, 0.29) is 41.7 Å². The van der Waals surface area contributed by atoms with E-state index in [1.165, 1.54) is 0 Å². The summed E-state index contributed by atoms with van der Waals surface area (Å²) in [5, 5.41) is 9.65. The van der Waals surface area contributed by atoms with Gasteiger partial charge in [-0.15, -0.1) is 0 Å². The molecule has 0 fully saturated rings. The number of amides is 2. The molecular formula is C50H91N3O6. The molecule has 0 aliphatic rings. The third-order valence-corrected chi connectivity index (χ3v) is 15.3. The fourth-order valence-electron chi connectivity index (χ4n) is 8.13. The maximum atomic E-state index is 15.0. The molecule has 2 atom stereocenters. The second-order valence-corrected chi connectivity index (χ2v) is 21.6.